The average molecular weight is 382 g/mol. The molecule has 0 saturated heterocycles. The molecule has 1 amide bonds. The molecule has 0 aromatic carbocycles. The van der Waals surface area contributed by atoms with Crippen LogP contribution in [0.15, 0.2) is 10.9 Å². The van der Waals surface area contributed by atoms with Crippen LogP contribution in [0.2, 0.25) is 0 Å². The first kappa shape index (κ1) is 17.4. The predicted octanol–water partition coefficient (Wildman–Crippen LogP) is 2.25. The summed E-state index contributed by atoms with van der Waals surface area (Å²) < 4.78 is 1.45. The van der Waals surface area contributed by atoms with Crippen LogP contribution in [-0.2, 0) is 11.2 Å². The normalized spacial score (nSPS) is 10.8. The Hall–Kier alpha value is -1.96. The Morgan fingerprint density at radius 1 is 1.43 bits per heavy atom. The molecular formula is C15H20BrN5O2. The second-order valence-corrected chi connectivity index (χ2v) is 6.02. The number of hydrogen-bond acceptors (Lipinski definition) is 4. The summed E-state index contributed by atoms with van der Waals surface area (Å²) in [6.45, 7) is 5.52. The highest BCUT2D eigenvalue weighted by atomic mass is 79.9. The molecule has 0 unspecified atom stereocenters. The first-order valence-corrected chi connectivity index (χ1v) is 8.61. The van der Waals surface area contributed by atoms with Crippen molar-refractivity contribution in [3.63, 3.8) is 0 Å². The maximum Gasteiger partial charge on any atom is 0.255 e. The Balaban J connectivity index is 2.37. The summed E-state index contributed by atoms with van der Waals surface area (Å²) in [6.07, 6.45) is 1.77. The van der Waals surface area contributed by atoms with Gasteiger partial charge >= 0.3 is 0 Å². The minimum Gasteiger partial charge on any atom is -0.310 e. The van der Waals surface area contributed by atoms with Crippen LogP contribution in [0.3, 0.4) is 0 Å². The zero-order chi connectivity index (χ0) is 17.0. The molecule has 0 spiro atoms. The topological polar surface area (TPSA) is 92.7 Å². The van der Waals surface area contributed by atoms with Crippen LogP contribution in [0, 0.1) is 13.8 Å². The Morgan fingerprint density at radius 3 is 2.78 bits per heavy atom. The zero-order valence-electron chi connectivity index (χ0n) is 13.4. The van der Waals surface area contributed by atoms with Crippen molar-refractivity contribution in [2.45, 2.75) is 40.0 Å². The van der Waals surface area contributed by atoms with E-state index in [1.165, 1.54) is 4.68 Å². The molecule has 7 nitrogen and oxygen atoms in total. The molecule has 0 bridgehead atoms. The number of aromatic nitrogens is 4. The minimum atomic E-state index is -0.181. The van der Waals surface area contributed by atoms with Crippen molar-refractivity contribution in [3.8, 4) is 5.95 Å². The Kier molecular flexibility index (Phi) is 5.70. The van der Waals surface area contributed by atoms with Gasteiger partial charge in [0.2, 0.25) is 11.9 Å². The number of carbonyl (C=O) groups is 1. The van der Waals surface area contributed by atoms with Crippen LogP contribution in [0.4, 0.5) is 5.82 Å². The number of hydrogen-bond donors (Lipinski definition) is 2. The maximum atomic E-state index is 12.1. The molecule has 0 fully saturated rings. The molecule has 124 valence electrons. The van der Waals surface area contributed by atoms with E-state index in [1.54, 1.807) is 13.0 Å². The predicted molar refractivity (Wildman–Crippen MR) is 92.5 cm³/mol. The molecule has 2 N–H and O–H groups in total. The van der Waals surface area contributed by atoms with Gasteiger partial charge in [0, 0.05) is 29.1 Å². The number of halogens is 1. The molecule has 0 saturated carbocycles. The molecule has 2 rings (SSSR count). The molecule has 2 heterocycles. The van der Waals surface area contributed by atoms with E-state index >= 15 is 0 Å². The zero-order valence-corrected chi connectivity index (χ0v) is 15.0. The van der Waals surface area contributed by atoms with E-state index < -0.39 is 0 Å². The summed E-state index contributed by atoms with van der Waals surface area (Å²) >= 11 is 3.30. The fraction of sp³-hybridized carbons (Fsp3) is 0.467. The van der Waals surface area contributed by atoms with E-state index in [9.17, 15) is 9.59 Å². The SMILES string of the molecule is CCc1c(C)nc(-n2nc(C)cc2NC(=O)CCCBr)[nH]c1=O. The average Bonchev–Trinajstić information content (AvgIpc) is 2.85. The second-order valence-electron chi connectivity index (χ2n) is 5.23. The van der Waals surface area contributed by atoms with Crippen molar-refractivity contribution in [2.24, 2.45) is 0 Å². The van der Waals surface area contributed by atoms with E-state index in [2.05, 4.69) is 36.3 Å². The summed E-state index contributed by atoms with van der Waals surface area (Å²) in [5, 5.41) is 7.89. The van der Waals surface area contributed by atoms with Crippen LogP contribution in [-0.4, -0.2) is 31.0 Å². The number of amides is 1. The van der Waals surface area contributed by atoms with Crippen LogP contribution in [0.25, 0.3) is 5.95 Å². The monoisotopic (exact) mass is 381 g/mol. The van der Waals surface area contributed by atoms with Gasteiger partial charge in [-0.1, -0.05) is 22.9 Å². The molecule has 0 aliphatic rings. The van der Waals surface area contributed by atoms with Gasteiger partial charge in [0.05, 0.1) is 5.69 Å². The summed E-state index contributed by atoms with van der Waals surface area (Å²) in [5.41, 5.74) is 1.86. The summed E-state index contributed by atoms with van der Waals surface area (Å²) in [5.74, 6) is 0.692. The Bertz CT molecular complexity index is 766. The van der Waals surface area contributed by atoms with Crippen molar-refractivity contribution in [3.05, 3.63) is 33.4 Å². The number of anilines is 1. The van der Waals surface area contributed by atoms with Crippen LogP contribution in [0.5, 0.6) is 0 Å². The lowest BCUT2D eigenvalue weighted by molar-refractivity contribution is -0.116. The lowest BCUT2D eigenvalue weighted by Crippen LogP contribution is -2.21. The number of alkyl halides is 1. The molecule has 0 aliphatic carbocycles. The lowest BCUT2D eigenvalue weighted by atomic mass is 10.2. The van der Waals surface area contributed by atoms with Crippen molar-refractivity contribution in [1.82, 2.24) is 19.7 Å². The molecule has 2 aromatic rings. The third kappa shape index (κ3) is 4.07. The van der Waals surface area contributed by atoms with Gasteiger partial charge in [-0.05, 0) is 26.7 Å². The third-order valence-electron chi connectivity index (χ3n) is 3.40. The van der Waals surface area contributed by atoms with Crippen molar-refractivity contribution in [2.75, 3.05) is 10.6 Å². The first-order chi connectivity index (χ1) is 11.0. The fourth-order valence-corrected chi connectivity index (χ4v) is 2.58. The van der Waals surface area contributed by atoms with Crippen molar-refractivity contribution < 1.29 is 4.79 Å². The molecule has 2 aromatic heterocycles. The molecule has 0 aliphatic heterocycles. The number of rotatable bonds is 6. The Labute approximate surface area is 142 Å². The quantitative estimate of drug-likeness (QED) is 0.750. The Morgan fingerprint density at radius 2 is 2.17 bits per heavy atom. The molecular weight excluding hydrogens is 362 g/mol. The molecule has 0 radical (unpaired) electrons. The summed E-state index contributed by atoms with van der Waals surface area (Å²) in [4.78, 5) is 31.2. The largest absolute Gasteiger partial charge is 0.310 e. The highest BCUT2D eigenvalue weighted by Crippen LogP contribution is 2.15. The minimum absolute atomic E-state index is 0.102. The number of H-pyrrole nitrogens is 1. The summed E-state index contributed by atoms with van der Waals surface area (Å²) in [7, 11) is 0. The summed E-state index contributed by atoms with van der Waals surface area (Å²) in [6, 6.07) is 1.75. The van der Waals surface area contributed by atoms with Gasteiger partial charge in [-0.25, -0.2) is 4.98 Å². The molecule has 23 heavy (non-hydrogen) atoms. The fourth-order valence-electron chi connectivity index (χ4n) is 2.29. The van der Waals surface area contributed by atoms with Gasteiger partial charge < -0.3 is 5.32 Å². The van der Waals surface area contributed by atoms with Crippen molar-refractivity contribution in [1.29, 1.82) is 0 Å². The maximum absolute atomic E-state index is 12.1. The van der Waals surface area contributed by atoms with Gasteiger partial charge in [-0.3, -0.25) is 14.6 Å². The van der Waals surface area contributed by atoms with Gasteiger partial charge in [0.15, 0.2) is 0 Å². The third-order valence-corrected chi connectivity index (χ3v) is 3.96. The van der Waals surface area contributed by atoms with Gasteiger partial charge in [0.25, 0.3) is 5.56 Å². The van der Waals surface area contributed by atoms with Crippen LogP contribution in [0.1, 0.15) is 36.7 Å². The number of aromatic amines is 1. The highest BCUT2D eigenvalue weighted by molar-refractivity contribution is 9.09. The number of aryl methyl sites for hydroxylation is 2. The van der Waals surface area contributed by atoms with Gasteiger partial charge in [-0.2, -0.15) is 9.78 Å². The lowest BCUT2D eigenvalue weighted by Gasteiger charge is -2.09. The van der Waals surface area contributed by atoms with Crippen LogP contribution < -0.4 is 10.9 Å². The number of nitrogens with zero attached hydrogens (tertiary/aromatic N) is 3. The number of carbonyl (C=O) groups excluding carboxylic acids is 1. The van der Waals surface area contributed by atoms with Crippen molar-refractivity contribution >= 4 is 27.7 Å². The molecule has 0 atom stereocenters. The van der Waals surface area contributed by atoms with Gasteiger partial charge in [0.1, 0.15) is 5.82 Å². The standard InChI is InChI=1S/C15H20BrN5O2/c1-4-11-10(3)17-15(19-14(11)23)21-12(8-9(2)20-21)18-13(22)6-5-7-16/h8H,4-7H2,1-3H3,(H,18,22)(H,17,19,23). The van der Waals surface area contributed by atoms with E-state index in [0.717, 1.165) is 17.4 Å². The van der Waals surface area contributed by atoms with E-state index in [1.807, 2.05) is 13.8 Å². The first-order valence-electron chi connectivity index (χ1n) is 7.49. The van der Waals surface area contributed by atoms with E-state index in [-0.39, 0.29) is 11.5 Å². The van der Waals surface area contributed by atoms with E-state index in [4.69, 9.17) is 0 Å². The molecule has 8 heteroatoms. The highest BCUT2D eigenvalue weighted by Gasteiger charge is 2.14. The smallest absolute Gasteiger partial charge is 0.255 e. The van der Waals surface area contributed by atoms with Crippen LogP contribution >= 0.6 is 15.9 Å². The second kappa shape index (κ2) is 7.54. The van der Waals surface area contributed by atoms with Gasteiger partial charge in [-0.15, -0.1) is 0 Å². The van der Waals surface area contributed by atoms with E-state index in [0.29, 0.717) is 35.9 Å². The number of nitrogens with one attached hydrogen (secondary N) is 2.